The van der Waals surface area contributed by atoms with Crippen molar-refractivity contribution in [2.45, 2.75) is 51.7 Å². The van der Waals surface area contributed by atoms with Crippen LogP contribution < -0.4 is 4.90 Å². The first-order valence-corrected chi connectivity index (χ1v) is 15.6. The highest BCUT2D eigenvalue weighted by Crippen LogP contribution is 2.42. The van der Waals surface area contributed by atoms with Crippen LogP contribution in [-0.4, -0.2) is 18.3 Å². The maximum atomic E-state index is 6.37. The van der Waals surface area contributed by atoms with Crippen LogP contribution in [0.1, 0.15) is 40.5 Å². The van der Waals surface area contributed by atoms with Crippen molar-refractivity contribution in [2.24, 2.45) is 0 Å². The molecule has 44 heavy (non-hydrogen) atoms. The van der Waals surface area contributed by atoms with E-state index in [1.807, 2.05) is 0 Å². The number of hydrogen-bond donors (Lipinski definition) is 0. The molecule has 2 aliphatic rings. The van der Waals surface area contributed by atoms with Gasteiger partial charge in [-0.05, 0) is 115 Å². The zero-order valence-electron chi connectivity index (χ0n) is 26.0. The third-order valence-corrected chi connectivity index (χ3v) is 9.44. The van der Waals surface area contributed by atoms with Gasteiger partial charge in [-0.1, -0.05) is 97.1 Å². The number of fused-ring (bicyclic) bond motifs is 1. The fourth-order valence-electron chi connectivity index (χ4n) is 6.11. The van der Waals surface area contributed by atoms with Crippen molar-refractivity contribution in [1.82, 2.24) is 0 Å². The lowest BCUT2D eigenvalue weighted by molar-refractivity contribution is 0.00578. The summed E-state index contributed by atoms with van der Waals surface area (Å²) in [6, 6.07) is 43.6. The van der Waals surface area contributed by atoms with Crippen LogP contribution in [0, 0.1) is 0 Å². The Morgan fingerprint density at radius 1 is 0.523 bits per heavy atom. The van der Waals surface area contributed by atoms with E-state index < -0.39 is 0 Å². The van der Waals surface area contributed by atoms with E-state index in [0.717, 1.165) is 24.2 Å². The zero-order valence-corrected chi connectivity index (χ0v) is 26.0. The monoisotopic (exact) mass is 575 g/mol. The average Bonchev–Trinajstić information content (AvgIpc) is 3.28. The van der Waals surface area contributed by atoms with Gasteiger partial charge in [-0.15, -0.1) is 0 Å². The smallest absolute Gasteiger partial charge is 0.400 e. The molecule has 0 spiro atoms. The van der Waals surface area contributed by atoms with E-state index in [1.165, 1.54) is 44.2 Å². The molecule has 0 N–H and O–H groups in total. The first-order chi connectivity index (χ1) is 21.3. The van der Waals surface area contributed by atoms with E-state index in [4.69, 9.17) is 9.31 Å². The molecule has 218 valence electrons. The second kappa shape index (κ2) is 11.3. The minimum absolute atomic E-state index is 0.308. The molecule has 1 heterocycles. The predicted octanol–water partition coefficient (Wildman–Crippen LogP) is 10.5. The molecular formula is C40H38BNO2. The summed E-state index contributed by atoms with van der Waals surface area (Å²) in [6.45, 7) is 8.44. The van der Waals surface area contributed by atoms with Crippen molar-refractivity contribution < 1.29 is 9.31 Å². The Kier molecular flexibility index (Phi) is 7.28. The largest absolute Gasteiger partial charge is 0.490 e. The Hall–Kier alpha value is -4.38. The SMILES string of the molecule is CC1(C)OB(C2=CC=C(N(c3ccc(-c4ccccc4)cc3)c3ccc(-c4ccc5ccccc5c4)cc3)CC2)OC1(C)C. The summed E-state index contributed by atoms with van der Waals surface area (Å²) < 4.78 is 12.7. The Labute approximate surface area is 261 Å². The van der Waals surface area contributed by atoms with Gasteiger partial charge in [-0.2, -0.15) is 0 Å². The van der Waals surface area contributed by atoms with Gasteiger partial charge in [0.2, 0.25) is 0 Å². The predicted molar refractivity (Wildman–Crippen MR) is 185 cm³/mol. The molecule has 5 aromatic rings. The number of benzene rings is 5. The molecule has 0 saturated carbocycles. The summed E-state index contributed by atoms with van der Waals surface area (Å²) in [7, 11) is -0.308. The topological polar surface area (TPSA) is 21.7 Å². The summed E-state index contributed by atoms with van der Waals surface area (Å²) in [6.07, 6.45) is 6.22. The lowest BCUT2D eigenvalue weighted by Crippen LogP contribution is -2.41. The van der Waals surface area contributed by atoms with Crippen molar-refractivity contribution in [3.05, 3.63) is 145 Å². The van der Waals surface area contributed by atoms with Gasteiger partial charge in [0, 0.05) is 17.1 Å². The summed E-state index contributed by atoms with van der Waals surface area (Å²) >= 11 is 0. The van der Waals surface area contributed by atoms with Crippen LogP contribution in [0.15, 0.2) is 145 Å². The summed E-state index contributed by atoms with van der Waals surface area (Å²) in [5.41, 5.74) is 8.89. The number of hydrogen-bond acceptors (Lipinski definition) is 3. The van der Waals surface area contributed by atoms with Crippen molar-refractivity contribution in [2.75, 3.05) is 4.90 Å². The minimum Gasteiger partial charge on any atom is -0.400 e. The van der Waals surface area contributed by atoms with Crippen LogP contribution in [0.3, 0.4) is 0 Å². The molecule has 1 aliphatic heterocycles. The van der Waals surface area contributed by atoms with Crippen LogP contribution >= 0.6 is 0 Å². The van der Waals surface area contributed by atoms with E-state index >= 15 is 0 Å². The summed E-state index contributed by atoms with van der Waals surface area (Å²) in [5, 5.41) is 2.52. The number of anilines is 2. The highest BCUT2D eigenvalue weighted by Gasteiger charge is 2.52. The molecule has 5 aromatic carbocycles. The third-order valence-electron chi connectivity index (χ3n) is 9.44. The first kappa shape index (κ1) is 28.4. The van der Waals surface area contributed by atoms with Crippen LogP contribution in [0.4, 0.5) is 11.4 Å². The van der Waals surface area contributed by atoms with Crippen LogP contribution in [0.25, 0.3) is 33.0 Å². The van der Waals surface area contributed by atoms with Gasteiger partial charge in [0.25, 0.3) is 0 Å². The molecule has 0 atom stereocenters. The Bertz CT molecular complexity index is 1840. The molecule has 0 bridgehead atoms. The molecule has 0 unspecified atom stereocenters. The van der Waals surface area contributed by atoms with Gasteiger partial charge in [-0.3, -0.25) is 0 Å². The van der Waals surface area contributed by atoms with Gasteiger partial charge >= 0.3 is 7.12 Å². The first-order valence-electron chi connectivity index (χ1n) is 15.6. The molecule has 0 aromatic heterocycles. The van der Waals surface area contributed by atoms with Crippen molar-refractivity contribution in [1.29, 1.82) is 0 Å². The fraction of sp³-hybridized carbons (Fsp3) is 0.200. The number of allylic oxidation sites excluding steroid dienone is 4. The van der Waals surface area contributed by atoms with E-state index in [9.17, 15) is 0 Å². The van der Waals surface area contributed by atoms with Crippen molar-refractivity contribution in [3.8, 4) is 22.3 Å². The highest BCUT2D eigenvalue weighted by atomic mass is 16.7. The molecule has 0 amide bonds. The Balaban J connectivity index is 1.22. The quantitative estimate of drug-likeness (QED) is 0.188. The molecule has 0 radical (unpaired) electrons. The molecule has 3 nitrogen and oxygen atoms in total. The van der Waals surface area contributed by atoms with Gasteiger partial charge in [0.1, 0.15) is 0 Å². The van der Waals surface area contributed by atoms with Crippen LogP contribution in [-0.2, 0) is 9.31 Å². The second-order valence-electron chi connectivity index (χ2n) is 12.8. The standard InChI is InChI=1S/C40H38BNO2/c1-39(2)40(3,4)44-41(43-39)35-20-26-38(27-21-35)42(36-22-16-31(17-23-36)29-10-6-5-7-11-29)37-24-18-32(19-25-37)34-15-14-30-12-8-9-13-33(30)28-34/h5-20,22-26,28H,21,27H2,1-4H3. The highest BCUT2D eigenvalue weighted by molar-refractivity contribution is 6.54. The van der Waals surface area contributed by atoms with Gasteiger partial charge < -0.3 is 14.2 Å². The molecule has 1 fully saturated rings. The zero-order chi connectivity index (χ0) is 30.3. The number of nitrogens with zero attached hydrogens (tertiary/aromatic N) is 1. The van der Waals surface area contributed by atoms with E-state index in [-0.39, 0.29) is 18.3 Å². The van der Waals surface area contributed by atoms with Crippen LogP contribution in [0.5, 0.6) is 0 Å². The maximum Gasteiger partial charge on any atom is 0.490 e. The van der Waals surface area contributed by atoms with Crippen molar-refractivity contribution in [3.63, 3.8) is 0 Å². The van der Waals surface area contributed by atoms with E-state index in [2.05, 4.69) is 166 Å². The molecule has 4 heteroatoms. The molecule has 7 rings (SSSR count). The van der Waals surface area contributed by atoms with E-state index in [0.29, 0.717) is 0 Å². The van der Waals surface area contributed by atoms with Gasteiger partial charge in [0.15, 0.2) is 0 Å². The van der Waals surface area contributed by atoms with E-state index in [1.54, 1.807) is 0 Å². The lowest BCUT2D eigenvalue weighted by atomic mass is 9.73. The molecular weight excluding hydrogens is 537 g/mol. The van der Waals surface area contributed by atoms with Crippen LogP contribution in [0.2, 0.25) is 0 Å². The summed E-state index contributed by atoms with van der Waals surface area (Å²) in [5.74, 6) is 0. The second-order valence-corrected chi connectivity index (χ2v) is 12.8. The normalized spacial score (nSPS) is 17.3. The maximum absolute atomic E-state index is 6.37. The fourth-order valence-corrected chi connectivity index (χ4v) is 6.11. The molecule has 1 aliphatic carbocycles. The Morgan fingerprint density at radius 3 is 1.64 bits per heavy atom. The van der Waals surface area contributed by atoms with Gasteiger partial charge in [-0.25, -0.2) is 0 Å². The molecule has 1 saturated heterocycles. The van der Waals surface area contributed by atoms with Gasteiger partial charge in [0.05, 0.1) is 11.2 Å². The Morgan fingerprint density at radius 2 is 1.05 bits per heavy atom. The average molecular weight is 576 g/mol. The van der Waals surface area contributed by atoms with Crippen molar-refractivity contribution >= 4 is 29.3 Å². The number of rotatable bonds is 6. The third kappa shape index (κ3) is 5.41. The lowest BCUT2D eigenvalue weighted by Gasteiger charge is -2.32. The summed E-state index contributed by atoms with van der Waals surface area (Å²) in [4.78, 5) is 2.39. The minimum atomic E-state index is -0.345.